The molecular weight excluding hydrogens is 378 g/mol. The SMILES string of the molecule is CCN(CC)C(c1ccc(C(=O)C(C)(C)O)cc1)c1ccc(C(=O)C(C)(C)O)cc1. The van der Waals surface area contributed by atoms with Crippen LogP contribution in [0.3, 0.4) is 0 Å². The fraction of sp³-hybridized carbons (Fsp3) is 0.440. The van der Waals surface area contributed by atoms with Crippen LogP contribution in [0.4, 0.5) is 0 Å². The van der Waals surface area contributed by atoms with Crippen molar-refractivity contribution in [3.8, 4) is 0 Å². The molecule has 0 aliphatic heterocycles. The first kappa shape index (κ1) is 23.9. The number of carbonyl (C=O) groups excluding carboxylic acids is 2. The molecule has 2 aromatic rings. The molecule has 2 N–H and O–H groups in total. The third kappa shape index (κ3) is 5.42. The maximum atomic E-state index is 12.3. The van der Waals surface area contributed by atoms with Gasteiger partial charge < -0.3 is 10.2 Å². The Kier molecular flexibility index (Phi) is 7.35. The van der Waals surface area contributed by atoms with Gasteiger partial charge in [-0.1, -0.05) is 62.4 Å². The number of hydrogen-bond donors (Lipinski definition) is 2. The number of benzene rings is 2. The maximum Gasteiger partial charge on any atom is 0.193 e. The van der Waals surface area contributed by atoms with Gasteiger partial charge in [-0.2, -0.15) is 0 Å². The molecule has 0 saturated heterocycles. The molecule has 2 aromatic carbocycles. The summed E-state index contributed by atoms with van der Waals surface area (Å²) in [6.07, 6.45) is 0. The second kappa shape index (κ2) is 9.21. The molecule has 0 aromatic heterocycles. The molecule has 0 amide bonds. The van der Waals surface area contributed by atoms with E-state index in [0.29, 0.717) is 11.1 Å². The molecule has 0 fully saturated rings. The quantitative estimate of drug-likeness (QED) is 0.609. The Hall–Kier alpha value is -2.34. The third-order valence-electron chi connectivity index (χ3n) is 5.27. The van der Waals surface area contributed by atoms with Crippen molar-refractivity contribution in [1.29, 1.82) is 0 Å². The predicted octanol–water partition coefficient (Wildman–Crippen LogP) is 4.03. The topological polar surface area (TPSA) is 77.8 Å². The molecule has 0 saturated carbocycles. The molecule has 162 valence electrons. The van der Waals surface area contributed by atoms with Gasteiger partial charge in [0.15, 0.2) is 11.6 Å². The second-order valence-corrected chi connectivity index (χ2v) is 8.64. The summed E-state index contributed by atoms with van der Waals surface area (Å²) in [5, 5.41) is 20.0. The van der Waals surface area contributed by atoms with E-state index in [0.717, 1.165) is 24.2 Å². The molecule has 2 rings (SSSR count). The lowest BCUT2D eigenvalue weighted by atomic mass is 9.91. The van der Waals surface area contributed by atoms with Crippen molar-refractivity contribution in [2.24, 2.45) is 0 Å². The summed E-state index contributed by atoms with van der Waals surface area (Å²) < 4.78 is 0. The molecule has 30 heavy (non-hydrogen) atoms. The van der Waals surface area contributed by atoms with Gasteiger partial charge in [0.1, 0.15) is 11.2 Å². The minimum absolute atomic E-state index is 0.0439. The largest absolute Gasteiger partial charge is 0.382 e. The molecule has 5 heteroatoms. The highest BCUT2D eigenvalue weighted by Gasteiger charge is 2.27. The lowest BCUT2D eigenvalue weighted by Crippen LogP contribution is -2.32. The Bertz CT molecular complexity index is 798. The van der Waals surface area contributed by atoms with Crippen LogP contribution in [0.25, 0.3) is 0 Å². The Morgan fingerprint density at radius 2 is 1.03 bits per heavy atom. The molecule has 5 nitrogen and oxygen atoms in total. The summed E-state index contributed by atoms with van der Waals surface area (Å²) in [5.41, 5.74) is 0.150. The summed E-state index contributed by atoms with van der Waals surface area (Å²) in [6.45, 7) is 11.8. The molecule has 0 radical (unpaired) electrons. The zero-order valence-corrected chi connectivity index (χ0v) is 18.8. The van der Waals surface area contributed by atoms with Gasteiger partial charge in [-0.3, -0.25) is 14.5 Å². The minimum atomic E-state index is -1.41. The molecule has 0 atom stereocenters. The van der Waals surface area contributed by atoms with E-state index < -0.39 is 11.2 Å². The highest BCUT2D eigenvalue weighted by Crippen LogP contribution is 2.30. The first-order valence-electron chi connectivity index (χ1n) is 10.4. The molecule has 0 aliphatic carbocycles. The fourth-order valence-corrected chi connectivity index (χ4v) is 3.54. The summed E-state index contributed by atoms with van der Waals surface area (Å²) in [4.78, 5) is 27.0. The molecular formula is C25H33NO4. The average Bonchev–Trinajstić information content (AvgIpc) is 2.70. The van der Waals surface area contributed by atoms with Crippen molar-refractivity contribution < 1.29 is 19.8 Å². The van der Waals surface area contributed by atoms with Crippen LogP contribution in [0.5, 0.6) is 0 Å². The van der Waals surface area contributed by atoms with Gasteiger partial charge in [0.05, 0.1) is 6.04 Å². The normalized spacial score (nSPS) is 12.5. The average molecular weight is 412 g/mol. The van der Waals surface area contributed by atoms with E-state index in [1.165, 1.54) is 27.7 Å². The van der Waals surface area contributed by atoms with Crippen molar-refractivity contribution in [3.63, 3.8) is 0 Å². The van der Waals surface area contributed by atoms with E-state index in [2.05, 4.69) is 18.7 Å². The van der Waals surface area contributed by atoms with Crippen LogP contribution in [0.1, 0.15) is 79.4 Å². The molecule has 0 bridgehead atoms. The number of Topliss-reactive ketones (excluding diaryl/α,β-unsaturated/α-hetero) is 2. The van der Waals surface area contributed by atoms with Gasteiger partial charge >= 0.3 is 0 Å². The second-order valence-electron chi connectivity index (χ2n) is 8.64. The summed E-state index contributed by atoms with van der Waals surface area (Å²) in [6, 6.07) is 14.6. The van der Waals surface area contributed by atoms with Crippen molar-refractivity contribution >= 4 is 11.6 Å². The lowest BCUT2D eigenvalue weighted by molar-refractivity contribution is 0.0487. The number of nitrogens with zero attached hydrogens (tertiary/aromatic N) is 1. The minimum Gasteiger partial charge on any atom is -0.382 e. The summed E-state index contributed by atoms with van der Waals surface area (Å²) in [7, 11) is 0. The monoisotopic (exact) mass is 411 g/mol. The van der Waals surface area contributed by atoms with Crippen LogP contribution in [0.2, 0.25) is 0 Å². The van der Waals surface area contributed by atoms with E-state index in [4.69, 9.17) is 0 Å². The number of hydrogen-bond acceptors (Lipinski definition) is 5. The number of ketones is 2. The highest BCUT2D eigenvalue weighted by atomic mass is 16.3. The van der Waals surface area contributed by atoms with Crippen LogP contribution >= 0.6 is 0 Å². The first-order valence-corrected chi connectivity index (χ1v) is 10.4. The van der Waals surface area contributed by atoms with E-state index in [1.54, 1.807) is 24.3 Å². The van der Waals surface area contributed by atoms with Crippen LogP contribution in [0.15, 0.2) is 48.5 Å². The van der Waals surface area contributed by atoms with Crippen LogP contribution in [-0.4, -0.2) is 51.0 Å². The van der Waals surface area contributed by atoms with Gasteiger partial charge in [0, 0.05) is 11.1 Å². The van der Waals surface area contributed by atoms with Crippen molar-refractivity contribution in [2.45, 2.75) is 58.8 Å². The van der Waals surface area contributed by atoms with Crippen LogP contribution in [-0.2, 0) is 0 Å². The summed E-state index contributed by atoms with van der Waals surface area (Å²) >= 11 is 0. The number of rotatable bonds is 9. The summed E-state index contributed by atoms with van der Waals surface area (Å²) in [5.74, 6) is -0.633. The lowest BCUT2D eigenvalue weighted by Gasteiger charge is -2.31. The van der Waals surface area contributed by atoms with Crippen molar-refractivity contribution in [1.82, 2.24) is 4.90 Å². The Morgan fingerprint density at radius 1 is 0.733 bits per heavy atom. The number of carbonyl (C=O) groups is 2. The molecule has 0 unspecified atom stereocenters. The Morgan fingerprint density at radius 3 is 1.27 bits per heavy atom. The van der Waals surface area contributed by atoms with Crippen molar-refractivity contribution in [3.05, 3.63) is 70.8 Å². The Balaban J connectivity index is 2.42. The van der Waals surface area contributed by atoms with Gasteiger partial charge in [-0.25, -0.2) is 0 Å². The standard InChI is InChI=1S/C25H33NO4/c1-7-26(8-2)21(17-9-13-19(14-10-17)22(27)24(3,4)29)18-11-15-20(16-12-18)23(28)25(5,6)30/h9-16,21,29-30H,7-8H2,1-6H3. The van der Waals surface area contributed by atoms with Gasteiger partial charge in [-0.05, 0) is 51.9 Å². The molecule has 0 aliphatic rings. The fourth-order valence-electron chi connectivity index (χ4n) is 3.54. The van der Waals surface area contributed by atoms with E-state index >= 15 is 0 Å². The van der Waals surface area contributed by atoms with E-state index in [1.807, 2.05) is 24.3 Å². The maximum absolute atomic E-state index is 12.3. The smallest absolute Gasteiger partial charge is 0.193 e. The zero-order chi connectivity index (χ0) is 22.7. The molecule has 0 heterocycles. The van der Waals surface area contributed by atoms with Crippen LogP contribution in [0, 0.1) is 0 Å². The predicted molar refractivity (Wildman–Crippen MR) is 119 cm³/mol. The highest BCUT2D eigenvalue weighted by molar-refractivity contribution is 6.02. The van der Waals surface area contributed by atoms with E-state index in [9.17, 15) is 19.8 Å². The molecule has 0 spiro atoms. The third-order valence-corrected chi connectivity index (χ3v) is 5.27. The van der Waals surface area contributed by atoms with Gasteiger partial charge in [-0.15, -0.1) is 0 Å². The Labute approximate surface area is 179 Å². The van der Waals surface area contributed by atoms with E-state index in [-0.39, 0.29) is 17.6 Å². The number of aliphatic hydroxyl groups is 2. The van der Waals surface area contributed by atoms with Gasteiger partial charge in [0.2, 0.25) is 0 Å². The zero-order valence-electron chi connectivity index (χ0n) is 18.8. The van der Waals surface area contributed by atoms with Gasteiger partial charge in [0.25, 0.3) is 0 Å². The van der Waals surface area contributed by atoms with Crippen molar-refractivity contribution in [2.75, 3.05) is 13.1 Å². The first-order chi connectivity index (χ1) is 13.9. The van der Waals surface area contributed by atoms with Crippen LogP contribution < -0.4 is 0 Å².